The van der Waals surface area contributed by atoms with E-state index in [1.54, 1.807) is 5.57 Å². The summed E-state index contributed by atoms with van der Waals surface area (Å²) in [6.07, 6.45) is 18.1. The number of aliphatic hydroxyl groups is 1. The number of aliphatic carboxylic acids is 1. The maximum Gasteiger partial charge on any atom is 0.320 e. The summed E-state index contributed by atoms with van der Waals surface area (Å²) >= 11 is 0. The van der Waals surface area contributed by atoms with Gasteiger partial charge in [0.1, 0.15) is 6.04 Å². The molecular formula is C33H61ClN4O3. The Morgan fingerprint density at radius 3 is 2.41 bits per heavy atom. The average molecular weight is 597 g/mol. The number of guanidine groups is 1. The number of carboxylic acids is 1. The van der Waals surface area contributed by atoms with E-state index in [0.29, 0.717) is 30.2 Å². The maximum absolute atomic E-state index is 10.2. The standard InChI is InChI=1S/C27H46O.C6H14N4O2.ClH/c1-18(2)7-6-8-19(3)23-11-12-24-22-10-9-20-17-21(28)13-15-26(20,4)25(22)14-16-27(23,24)5;7-4(5(11)12)2-1-3-10-6(8)9;/h9,18-19,21-25,28H,6-8,10-17H2,1-5H3;4H,1-3,7H2,(H,11,12)(H4,8,9,10);1H/t19-,21+,22+,23-,24+,25+,26+,27-;;/m1../s1. The van der Waals surface area contributed by atoms with Crippen molar-refractivity contribution in [2.45, 2.75) is 130 Å². The second-order valence-electron chi connectivity index (χ2n) is 14.6. The molecule has 0 amide bonds. The minimum absolute atomic E-state index is 0. The summed E-state index contributed by atoms with van der Waals surface area (Å²) in [5, 5.41) is 27.9. The van der Waals surface area contributed by atoms with Crippen molar-refractivity contribution in [2.24, 2.45) is 57.8 Å². The minimum atomic E-state index is -1.00. The molecular weight excluding hydrogens is 536 g/mol. The third kappa shape index (κ3) is 8.63. The molecule has 4 aliphatic rings. The lowest BCUT2D eigenvalue weighted by Crippen LogP contribution is -2.50. The molecule has 3 saturated carbocycles. The van der Waals surface area contributed by atoms with Crippen LogP contribution in [0.15, 0.2) is 11.6 Å². The fourth-order valence-electron chi connectivity index (χ4n) is 9.33. The summed E-state index contributed by atoms with van der Waals surface area (Å²) in [7, 11) is 0. The van der Waals surface area contributed by atoms with Gasteiger partial charge in [0, 0.05) is 6.54 Å². The molecule has 4 aliphatic carbocycles. The average Bonchev–Trinajstić information content (AvgIpc) is 3.24. The van der Waals surface area contributed by atoms with Crippen LogP contribution < -0.4 is 16.8 Å². The molecule has 238 valence electrons. The van der Waals surface area contributed by atoms with E-state index in [-0.39, 0.29) is 24.5 Å². The van der Waals surface area contributed by atoms with E-state index in [1.807, 2.05) is 0 Å². The van der Waals surface area contributed by atoms with Gasteiger partial charge >= 0.3 is 5.97 Å². The molecule has 9 atom stereocenters. The first-order chi connectivity index (χ1) is 18.8. The molecule has 7 nitrogen and oxygen atoms in total. The van der Waals surface area contributed by atoms with Gasteiger partial charge in [-0.1, -0.05) is 65.5 Å². The first-order valence-electron chi connectivity index (χ1n) is 16.2. The van der Waals surface area contributed by atoms with Crippen LogP contribution in [-0.2, 0) is 4.79 Å². The van der Waals surface area contributed by atoms with Crippen molar-refractivity contribution < 1.29 is 15.0 Å². The zero-order valence-electron chi connectivity index (χ0n) is 26.5. The van der Waals surface area contributed by atoms with Gasteiger partial charge in [0.25, 0.3) is 0 Å². The second-order valence-corrected chi connectivity index (χ2v) is 14.6. The van der Waals surface area contributed by atoms with Crippen LogP contribution in [0.2, 0.25) is 0 Å². The first-order valence-corrected chi connectivity index (χ1v) is 16.2. The molecule has 8 N–H and O–H groups in total. The maximum atomic E-state index is 10.2. The van der Waals surface area contributed by atoms with Crippen molar-refractivity contribution in [1.82, 2.24) is 5.32 Å². The van der Waals surface area contributed by atoms with Gasteiger partial charge in [-0.05, 0) is 111 Å². The zero-order chi connectivity index (χ0) is 29.7. The fourth-order valence-corrected chi connectivity index (χ4v) is 9.33. The summed E-state index contributed by atoms with van der Waals surface area (Å²) in [4.78, 5) is 10.2. The number of nitrogens with one attached hydrogen (secondary N) is 2. The summed E-state index contributed by atoms with van der Waals surface area (Å²) in [6.45, 7) is 13.1. The number of halogens is 1. The highest BCUT2D eigenvalue weighted by Gasteiger charge is 2.59. The molecule has 0 bridgehead atoms. The van der Waals surface area contributed by atoms with Crippen molar-refractivity contribution in [3.8, 4) is 0 Å². The van der Waals surface area contributed by atoms with Crippen LogP contribution in [0.3, 0.4) is 0 Å². The van der Waals surface area contributed by atoms with Crippen LogP contribution in [-0.4, -0.2) is 40.8 Å². The van der Waals surface area contributed by atoms with Gasteiger partial charge in [0.15, 0.2) is 5.96 Å². The van der Waals surface area contributed by atoms with E-state index in [1.165, 1.54) is 57.8 Å². The van der Waals surface area contributed by atoms with Crippen LogP contribution in [0.25, 0.3) is 0 Å². The Labute approximate surface area is 256 Å². The number of allylic oxidation sites excluding steroid dienone is 1. The highest BCUT2D eigenvalue weighted by Crippen LogP contribution is 2.67. The summed E-state index contributed by atoms with van der Waals surface area (Å²) in [6, 6.07) is -0.821. The number of hydrogen-bond donors (Lipinski definition) is 6. The Morgan fingerprint density at radius 2 is 1.78 bits per heavy atom. The third-order valence-electron chi connectivity index (χ3n) is 11.6. The van der Waals surface area contributed by atoms with E-state index in [9.17, 15) is 9.90 Å². The number of rotatable bonds is 10. The number of aliphatic hydroxyl groups excluding tert-OH is 1. The highest BCUT2D eigenvalue weighted by atomic mass is 35.5. The molecule has 0 spiro atoms. The van der Waals surface area contributed by atoms with Crippen molar-refractivity contribution in [2.75, 3.05) is 6.54 Å². The van der Waals surface area contributed by atoms with Gasteiger partial charge in [-0.15, -0.1) is 12.4 Å². The lowest BCUT2D eigenvalue weighted by atomic mass is 9.47. The van der Waals surface area contributed by atoms with Crippen molar-refractivity contribution in [3.05, 3.63) is 11.6 Å². The normalized spacial score (nSPS) is 35.3. The van der Waals surface area contributed by atoms with Crippen molar-refractivity contribution in [1.29, 1.82) is 5.41 Å². The molecule has 4 rings (SSSR count). The number of carbonyl (C=O) groups is 1. The smallest absolute Gasteiger partial charge is 0.320 e. The zero-order valence-corrected chi connectivity index (χ0v) is 27.3. The second kappa shape index (κ2) is 15.4. The molecule has 3 fully saturated rings. The van der Waals surface area contributed by atoms with Crippen LogP contribution in [0.5, 0.6) is 0 Å². The van der Waals surface area contributed by atoms with E-state index in [0.717, 1.165) is 48.3 Å². The summed E-state index contributed by atoms with van der Waals surface area (Å²) in [5.41, 5.74) is 12.8. The molecule has 8 heteroatoms. The van der Waals surface area contributed by atoms with Crippen molar-refractivity contribution in [3.63, 3.8) is 0 Å². The number of carboxylic acid groups (broad SMARTS) is 1. The molecule has 1 unspecified atom stereocenters. The van der Waals surface area contributed by atoms with E-state index >= 15 is 0 Å². The summed E-state index contributed by atoms with van der Waals surface area (Å²) < 4.78 is 0. The van der Waals surface area contributed by atoms with Gasteiger partial charge < -0.3 is 27.0 Å². The Morgan fingerprint density at radius 1 is 1.07 bits per heavy atom. The third-order valence-corrected chi connectivity index (χ3v) is 11.6. The lowest BCUT2D eigenvalue weighted by Gasteiger charge is -2.58. The van der Waals surface area contributed by atoms with E-state index < -0.39 is 12.0 Å². The van der Waals surface area contributed by atoms with Crippen LogP contribution in [0.4, 0.5) is 0 Å². The molecule has 0 aromatic rings. The van der Waals surface area contributed by atoms with Crippen LogP contribution in [0.1, 0.15) is 118 Å². The topological polar surface area (TPSA) is 145 Å². The molecule has 0 aromatic carbocycles. The Bertz CT molecular complexity index is 898. The van der Waals surface area contributed by atoms with E-state index in [4.69, 9.17) is 22.0 Å². The Kier molecular flexibility index (Phi) is 13.5. The molecule has 0 heterocycles. The lowest BCUT2D eigenvalue weighted by molar-refractivity contribution is -0.138. The molecule has 0 aliphatic heterocycles. The van der Waals surface area contributed by atoms with Crippen LogP contribution >= 0.6 is 12.4 Å². The van der Waals surface area contributed by atoms with Gasteiger partial charge in [-0.2, -0.15) is 0 Å². The molecule has 0 radical (unpaired) electrons. The SMILES string of the molecule is CC(C)CCC[C@@H](C)[C@H]1CC[C@H]2[C@@H]3CC=C4C[C@@H](O)CC[C@]4(C)[C@H]3CC[C@]12C.Cl.N=C(N)NCCCC(N)C(=O)O. The highest BCUT2D eigenvalue weighted by molar-refractivity contribution is 5.85. The van der Waals surface area contributed by atoms with Gasteiger partial charge in [-0.25, -0.2) is 0 Å². The minimum Gasteiger partial charge on any atom is -0.480 e. The largest absolute Gasteiger partial charge is 0.480 e. The monoisotopic (exact) mass is 596 g/mol. The van der Waals surface area contributed by atoms with E-state index in [2.05, 4.69) is 46.0 Å². The fraction of sp³-hybridized carbons (Fsp3) is 0.879. The van der Waals surface area contributed by atoms with Gasteiger partial charge in [-0.3, -0.25) is 10.2 Å². The van der Waals surface area contributed by atoms with Crippen molar-refractivity contribution >= 4 is 24.3 Å². The molecule has 0 saturated heterocycles. The summed E-state index contributed by atoms with van der Waals surface area (Å²) in [5.74, 6) is 4.34. The predicted molar refractivity (Wildman–Crippen MR) is 171 cm³/mol. The Hall–Kier alpha value is -1.31. The molecule has 0 aromatic heterocycles. The quantitative estimate of drug-likeness (QED) is 0.0737. The predicted octanol–water partition coefficient (Wildman–Crippen LogP) is 6.47. The van der Waals surface area contributed by atoms with Crippen LogP contribution in [0, 0.1) is 51.7 Å². The first kappa shape index (κ1) is 35.9. The molecule has 41 heavy (non-hydrogen) atoms. The number of hydrogen-bond acceptors (Lipinski definition) is 4. The Balaban J connectivity index is 0.000000387. The van der Waals surface area contributed by atoms with Gasteiger partial charge in [0.05, 0.1) is 6.10 Å². The number of nitrogens with two attached hydrogens (primary N) is 2. The van der Waals surface area contributed by atoms with Gasteiger partial charge in [0.2, 0.25) is 0 Å². The number of fused-ring (bicyclic) bond motifs is 5.